The molecular weight excluding hydrogens is 228 g/mol. The first kappa shape index (κ1) is 15.2. The van der Waals surface area contributed by atoms with Crippen molar-refractivity contribution in [1.82, 2.24) is 4.90 Å². The predicted molar refractivity (Wildman–Crippen MR) is 73.2 cm³/mol. The molecule has 1 fully saturated rings. The van der Waals surface area contributed by atoms with E-state index in [4.69, 9.17) is 10.5 Å². The van der Waals surface area contributed by atoms with Crippen LogP contribution in [-0.4, -0.2) is 43.2 Å². The SMILES string of the molecule is C=CCN(CCOC)C(=O)C1(N)CCCC(C)C1. The molecule has 0 radical (unpaired) electrons. The van der Waals surface area contributed by atoms with Gasteiger partial charge in [0.05, 0.1) is 12.1 Å². The average Bonchev–Trinajstić information content (AvgIpc) is 2.33. The van der Waals surface area contributed by atoms with Gasteiger partial charge in [0.15, 0.2) is 0 Å². The van der Waals surface area contributed by atoms with Crippen molar-refractivity contribution >= 4 is 5.91 Å². The zero-order valence-electron chi connectivity index (χ0n) is 11.7. The van der Waals surface area contributed by atoms with Crippen LogP contribution in [0.25, 0.3) is 0 Å². The molecule has 1 saturated carbocycles. The lowest BCUT2D eigenvalue weighted by Crippen LogP contribution is -2.57. The Bertz CT molecular complexity index is 294. The monoisotopic (exact) mass is 254 g/mol. The van der Waals surface area contributed by atoms with Gasteiger partial charge in [-0.25, -0.2) is 0 Å². The summed E-state index contributed by atoms with van der Waals surface area (Å²) in [5.41, 5.74) is 5.64. The highest BCUT2D eigenvalue weighted by Gasteiger charge is 2.40. The molecule has 2 unspecified atom stereocenters. The number of hydrogen-bond donors (Lipinski definition) is 1. The molecule has 0 heterocycles. The number of nitrogens with zero attached hydrogens (tertiary/aromatic N) is 1. The number of hydrogen-bond acceptors (Lipinski definition) is 3. The predicted octanol–water partition coefficient (Wildman–Crippen LogP) is 1.55. The number of nitrogens with two attached hydrogens (primary N) is 1. The van der Waals surface area contributed by atoms with E-state index in [9.17, 15) is 4.79 Å². The summed E-state index contributed by atoms with van der Waals surface area (Å²) in [5.74, 6) is 0.576. The van der Waals surface area contributed by atoms with Gasteiger partial charge in [0.2, 0.25) is 5.91 Å². The van der Waals surface area contributed by atoms with E-state index in [0.29, 0.717) is 25.6 Å². The molecular formula is C14H26N2O2. The van der Waals surface area contributed by atoms with Gasteiger partial charge in [0.25, 0.3) is 0 Å². The van der Waals surface area contributed by atoms with Gasteiger partial charge in [-0.05, 0) is 18.8 Å². The molecule has 0 aromatic rings. The highest BCUT2D eigenvalue weighted by Crippen LogP contribution is 2.31. The van der Waals surface area contributed by atoms with Crippen LogP contribution in [0.2, 0.25) is 0 Å². The lowest BCUT2D eigenvalue weighted by atomic mass is 9.76. The zero-order chi connectivity index (χ0) is 13.6. The minimum absolute atomic E-state index is 0.0472. The summed E-state index contributed by atoms with van der Waals surface area (Å²) >= 11 is 0. The van der Waals surface area contributed by atoms with Crippen molar-refractivity contribution in [3.8, 4) is 0 Å². The summed E-state index contributed by atoms with van der Waals surface area (Å²) in [5, 5.41) is 0. The minimum atomic E-state index is -0.686. The lowest BCUT2D eigenvalue weighted by Gasteiger charge is -2.39. The molecule has 0 bridgehead atoms. The van der Waals surface area contributed by atoms with E-state index >= 15 is 0 Å². The summed E-state index contributed by atoms with van der Waals surface area (Å²) < 4.78 is 5.04. The van der Waals surface area contributed by atoms with Crippen molar-refractivity contribution in [3.05, 3.63) is 12.7 Å². The van der Waals surface area contributed by atoms with Crippen LogP contribution < -0.4 is 5.73 Å². The van der Waals surface area contributed by atoms with Crippen molar-refractivity contribution < 1.29 is 9.53 Å². The summed E-state index contributed by atoms with van der Waals surface area (Å²) in [4.78, 5) is 14.3. The maximum atomic E-state index is 12.6. The minimum Gasteiger partial charge on any atom is -0.383 e. The summed E-state index contributed by atoms with van der Waals surface area (Å²) in [6.07, 6.45) is 5.52. The van der Waals surface area contributed by atoms with Crippen molar-refractivity contribution in [2.24, 2.45) is 11.7 Å². The highest BCUT2D eigenvalue weighted by molar-refractivity contribution is 5.86. The van der Waals surface area contributed by atoms with Crippen LogP contribution in [0.4, 0.5) is 0 Å². The topological polar surface area (TPSA) is 55.6 Å². The number of rotatable bonds is 6. The van der Waals surface area contributed by atoms with Crippen molar-refractivity contribution in [3.63, 3.8) is 0 Å². The molecule has 104 valence electrons. The number of methoxy groups -OCH3 is 1. The molecule has 4 nitrogen and oxygen atoms in total. The number of ether oxygens (including phenoxy) is 1. The van der Waals surface area contributed by atoms with Crippen LogP contribution in [0, 0.1) is 5.92 Å². The fraction of sp³-hybridized carbons (Fsp3) is 0.786. The molecule has 18 heavy (non-hydrogen) atoms. The van der Waals surface area contributed by atoms with Gasteiger partial charge in [-0.15, -0.1) is 6.58 Å². The van der Waals surface area contributed by atoms with Gasteiger partial charge in [0.1, 0.15) is 0 Å². The van der Waals surface area contributed by atoms with Crippen LogP contribution in [-0.2, 0) is 9.53 Å². The van der Waals surface area contributed by atoms with Crippen molar-refractivity contribution in [2.45, 2.75) is 38.1 Å². The van der Waals surface area contributed by atoms with Gasteiger partial charge < -0.3 is 15.4 Å². The molecule has 1 amide bonds. The summed E-state index contributed by atoms with van der Waals surface area (Å²) in [6, 6.07) is 0. The van der Waals surface area contributed by atoms with E-state index in [0.717, 1.165) is 19.3 Å². The van der Waals surface area contributed by atoms with E-state index in [2.05, 4.69) is 13.5 Å². The van der Waals surface area contributed by atoms with E-state index in [1.54, 1.807) is 18.1 Å². The number of carbonyl (C=O) groups excluding carboxylic acids is 1. The number of carbonyl (C=O) groups is 1. The van der Waals surface area contributed by atoms with E-state index in [-0.39, 0.29) is 5.91 Å². The van der Waals surface area contributed by atoms with Crippen LogP contribution in [0.1, 0.15) is 32.6 Å². The molecule has 0 aromatic carbocycles. The third kappa shape index (κ3) is 3.82. The Morgan fingerprint density at radius 1 is 1.67 bits per heavy atom. The van der Waals surface area contributed by atoms with E-state index < -0.39 is 5.54 Å². The molecule has 2 N–H and O–H groups in total. The quantitative estimate of drug-likeness (QED) is 0.732. The molecule has 0 aromatic heterocycles. The van der Waals surface area contributed by atoms with E-state index in [1.807, 2.05) is 0 Å². The molecule has 1 aliphatic rings. The summed E-state index contributed by atoms with van der Waals surface area (Å²) in [7, 11) is 1.64. The van der Waals surface area contributed by atoms with Crippen LogP contribution in [0.5, 0.6) is 0 Å². The molecule has 0 aliphatic heterocycles. The molecule has 1 rings (SSSR count). The Morgan fingerprint density at radius 3 is 2.94 bits per heavy atom. The Morgan fingerprint density at radius 2 is 2.39 bits per heavy atom. The third-order valence-electron chi connectivity index (χ3n) is 3.66. The Kier molecular flexibility index (Phi) is 5.82. The molecule has 0 spiro atoms. The smallest absolute Gasteiger partial charge is 0.243 e. The van der Waals surface area contributed by atoms with Gasteiger partial charge in [-0.3, -0.25) is 4.79 Å². The molecule has 0 saturated heterocycles. The maximum absolute atomic E-state index is 12.6. The Balaban J connectivity index is 2.70. The normalized spacial score (nSPS) is 27.8. The third-order valence-corrected chi connectivity index (χ3v) is 3.66. The van der Waals surface area contributed by atoms with Crippen LogP contribution >= 0.6 is 0 Å². The second kappa shape index (κ2) is 6.90. The first-order valence-corrected chi connectivity index (χ1v) is 6.71. The van der Waals surface area contributed by atoms with Gasteiger partial charge >= 0.3 is 0 Å². The first-order chi connectivity index (χ1) is 8.53. The second-order valence-electron chi connectivity index (χ2n) is 5.39. The Hall–Kier alpha value is -0.870. The van der Waals surface area contributed by atoms with Crippen LogP contribution in [0.15, 0.2) is 12.7 Å². The van der Waals surface area contributed by atoms with Gasteiger partial charge in [-0.2, -0.15) is 0 Å². The van der Waals surface area contributed by atoms with Crippen molar-refractivity contribution in [1.29, 1.82) is 0 Å². The molecule has 1 aliphatic carbocycles. The standard InChI is InChI=1S/C14H26N2O2/c1-4-8-16(9-10-18-3)13(17)14(15)7-5-6-12(2)11-14/h4,12H,1,5-11,15H2,2-3H3. The average molecular weight is 254 g/mol. The lowest BCUT2D eigenvalue weighted by molar-refractivity contribution is -0.138. The molecule has 2 atom stereocenters. The van der Waals surface area contributed by atoms with Gasteiger partial charge in [0, 0.05) is 20.2 Å². The Labute approximate surface area is 110 Å². The highest BCUT2D eigenvalue weighted by atomic mass is 16.5. The van der Waals surface area contributed by atoms with Gasteiger partial charge in [-0.1, -0.05) is 25.8 Å². The molecule has 4 heteroatoms. The van der Waals surface area contributed by atoms with E-state index in [1.165, 1.54) is 6.42 Å². The summed E-state index contributed by atoms with van der Waals surface area (Å²) in [6.45, 7) is 7.51. The number of amides is 1. The fourth-order valence-corrected chi connectivity index (χ4v) is 2.73. The second-order valence-corrected chi connectivity index (χ2v) is 5.39. The van der Waals surface area contributed by atoms with Crippen molar-refractivity contribution in [2.75, 3.05) is 26.8 Å². The first-order valence-electron chi connectivity index (χ1n) is 6.71. The zero-order valence-corrected chi connectivity index (χ0v) is 11.7. The van der Waals surface area contributed by atoms with Crippen LogP contribution in [0.3, 0.4) is 0 Å². The maximum Gasteiger partial charge on any atom is 0.243 e. The fourth-order valence-electron chi connectivity index (χ4n) is 2.73. The largest absolute Gasteiger partial charge is 0.383 e.